The molecule has 0 unspecified atom stereocenters. The monoisotopic (exact) mass is 382 g/mol. The molecule has 0 bridgehead atoms. The van der Waals surface area contributed by atoms with Crippen molar-refractivity contribution in [1.29, 1.82) is 0 Å². The minimum Gasteiger partial charge on any atom is -0.255 e. The van der Waals surface area contributed by atoms with E-state index in [4.69, 9.17) is 0 Å². The van der Waals surface area contributed by atoms with E-state index in [-0.39, 0.29) is 0 Å². The van der Waals surface area contributed by atoms with Gasteiger partial charge in [-0.3, -0.25) is 9.97 Å². The fraction of sp³-hybridized carbons (Fsp3) is 0. The van der Waals surface area contributed by atoms with Crippen LogP contribution in [0.5, 0.6) is 0 Å². The zero-order valence-corrected chi connectivity index (χ0v) is 15.6. The van der Waals surface area contributed by atoms with Gasteiger partial charge in [-0.2, -0.15) is 0 Å². The van der Waals surface area contributed by atoms with E-state index >= 15 is 0 Å². The van der Waals surface area contributed by atoms with Gasteiger partial charge in [0.25, 0.3) is 0 Å². The number of pyridine rings is 2. The Balaban J connectivity index is 1.45. The Labute approximate surface area is 157 Å². The Bertz CT molecular complexity index is 894. The number of aromatic nitrogens is 2. The van der Waals surface area contributed by atoms with Crippen LogP contribution in [-0.4, -0.2) is 9.97 Å². The summed E-state index contributed by atoms with van der Waals surface area (Å²) in [6.07, 6.45) is 3.57. The second-order valence-electron chi connectivity index (χ2n) is 4.68. The van der Waals surface area contributed by atoms with Crippen LogP contribution >= 0.6 is 47.0 Å². The van der Waals surface area contributed by atoms with Crippen LogP contribution in [0.1, 0.15) is 5.56 Å². The van der Waals surface area contributed by atoms with Gasteiger partial charge in [-0.25, -0.2) is 0 Å². The van der Waals surface area contributed by atoms with E-state index in [1.165, 1.54) is 8.47 Å². The summed E-state index contributed by atoms with van der Waals surface area (Å²) >= 11 is 7.06. The third-order valence-electron chi connectivity index (χ3n) is 3.07. The Morgan fingerprint density at radius 2 is 1.67 bits per heavy atom. The second kappa shape index (κ2) is 7.58. The van der Waals surface area contributed by atoms with Crippen LogP contribution in [0.25, 0.3) is 11.4 Å². The molecule has 24 heavy (non-hydrogen) atoms. The lowest BCUT2D eigenvalue weighted by Gasteiger charge is -1.99. The third-order valence-corrected chi connectivity index (χ3v) is 8.01. The van der Waals surface area contributed by atoms with Gasteiger partial charge >= 0.3 is 0 Å². The molecule has 0 saturated heterocycles. The number of hydrogen-bond donors (Lipinski definition) is 0. The minimum atomic E-state index is 0.862. The SMILES string of the molecule is C(#Cc1ccc(-c2ccccn2)nc1)C1=CSC(=C2SC=CS2)S1. The summed E-state index contributed by atoms with van der Waals surface area (Å²) in [6, 6.07) is 9.76. The molecule has 116 valence electrons. The van der Waals surface area contributed by atoms with Crippen molar-refractivity contribution < 1.29 is 0 Å². The van der Waals surface area contributed by atoms with E-state index in [2.05, 4.69) is 38.0 Å². The first-order valence-corrected chi connectivity index (χ1v) is 10.5. The van der Waals surface area contributed by atoms with Crippen LogP contribution in [0.3, 0.4) is 0 Å². The first-order chi connectivity index (χ1) is 11.9. The van der Waals surface area contributed by atoms with Crippen LogP contribution in [0.15, 0.2) is 72.3 Å². The quantitative estimate of drug-likeness (QED) is 0.570. The van der Waals surface area contributed by atoms with Gasteiger partial charge < -0.3 is 0 Å². The molecule has 4 heterocycles. The molecular formula is C18H10N2S4. The summed E-state index contributed by atoms with van der Waals surface area (Å²) in [5.41, 5.74) is 2.65. The highest BCUT2D eigenvalue weighted by Gasteiger charge is 2.17. The highest BCUT2D eigenvalue weighted by Crippen LogP contribution is 2.52. The minimum absolute atomic E-state index is 0.862. The van der Waals surface area contributed by atoms with Crippen molar-refractivity contribution in [3.8, 4) is 23.2 Å². The van der Waals surface area contributed by atoms with Crippen molar-refractivity contribution in [2.75, 3.05) is 0 Å². The van der Waals surface area contributed by atoms with Crippen molar-refractivity contribution in [3.63, 3.8) is 0 Å². The van der Waals surface area contributed by atoms with Crippen LogP contribution in [0.4, 0.5) is 0 Å². The summed E-state index contributed by atoms with van der Waals surface area (Å²) in [6.45, 7) is 0. The highest BCUT2D eigenvalue weighted by atomic mass is 32.2. The van der Waals surface area contributed by atoms with Gasteiger partial charge in [0.15, 0.2) is 0 Å². The molecular weight excluding hydrogens is 372 g/mol. The molecule has 0 aromatic carbocycles. The molecule has 2 aromatic heterocycles. The first kappa shape index (κ1) is 16.0. The Morgan fingerprint density at radius 1 is 0.792 bits per heavy atom. The van der Waals surface area contributed by atoms with Crippen LogP contribution in [0.2, 0.25) is 0 Å². The molecule has 2 aromatic rings. The van der Waals surface area contributed by atoms with E-state index in [1.54, 1.807) is 59.4 Å². The average Bonchev–Trinajstić information content (AvgIpc) is 3.33. The predicted octanol–water partition coefficient (Wildman–Crippen LogP) is 5.89. The number of nitrogens with zero attached hydrogens (tertiary/aromatic N) is 2. The summed E-state index contributed by atoms with van der Waals surface area (Å²) in [7, 11) is 0. The van der Waals surface area contributed by atoms with Crippen LogP contribution in [0, 0.1) is 11.8 Å². The van der Waals surface area contributed by atoms with E-state index in [0.29, 0.717) is 0 Å². The molecule has 0 N–H and O–H groups in total. The Hall–Kier alpha value is -1.52. The molecule has 6 heteroatoms. The molecule has 0 fully saturated rings. The molecule has 0 saturated carbocycles. The number of allylic oxidation sites excluding steroid dienone is 1. The van der Waals surface area contributed by atoms with Gasteiger partial charge in [0, 0.05) is 18.0 Å². The summed E-state index contributed by atoms with van der Waals surface area (Å²) in [4.78, 5) is 9.84. The Morgan fingerprint density at radius 3 is 2.42 bits per heavy atom. The molecule has 2 aliphatic heterocycles. The van der Waals surface area contributed by atoms with Crippen molar-refractivity contribution in [1.82, 2.24) is 9.97 Å². The fourth-order valence-corrected chi connectivity index (χ4v) is 6.22. The van der Waals surface area contributed by atoms with E-state index in [0.717, 1.165) is 21.9 Å². The maximum Gasteiger partial charge on any atom is 0.0887 e. The lowest BCUT2D eigenvalue weighted by atomic mass is 10.2. The van der Waals surface area contributed by atoms with E-state index in [1.807, 2.05) is 30.3 Å². The third kappa shape index (κ3) is 3.76. The highest BCUT2D eigenvalue weighted by molar-refractivity contribution is 8.33. The van der Waals surface area contributed by atoms with Gasteiger partial charge in [0.1, 0.15) is 0 Å². The van der Waals surface area contributed by atoms with Gasteiger partial charge in [0.2, 0.25) is 0 Å². The lowest BCUT2D eigenvalue weighted by molar-refractivity contribution is 1.24. The van der Waals surface area contributed by atoms with Crippen molar-refractivity contribution in [3.05, 3.63) is 77.9 Å². The normalized spacial score (nSPS) is 16.1. The van der Waals surface area contributed by atoms with Gasteiger partial charge in [0.05, 0.1) is 24.8 Å². The van der Waals surface area contributed by atoms with E-state index < -0.39 is 0 Å². The van der Waals surface area contributed by atoms with Crippen molar-refractivity contribution >= 4 is 47.0 Å². The predicted molar refractivity (Wildman–Crippen MR) is 109 cm³/mol. The summed E-state index contributed by atoms with van der Waals surface area (Å²) < 4.78 is 2.67. The van der Waals surface area contributed by atoms with Crippen LogP contribution < -0.4 is 0 Å². The number of hydrogen-bond acceptors (Lipinski definition) is 6. The molecule has 2 aliphatic rings. The first-order valence-electron chi connectivity index (χ1n) is 7.05. The van der Waals surface area contributed by atoms with Gasteiger partial charge in [-0.1, -0.05) is 65.0 Å². The topological polar surface area (TPSA) is 25.8 Å². The van der Waals surface area contributed by atoms with Gasteiger partial charge in [-0.15, -0.1) is 0 Å². The molecule has 0 spiro atoms. The van der Waals surface area contributed by atoms with Crippen molar-refractivity contribution in [2.45, 2.75) is 0 Å². The largest absolute Gasteiger partial charge is 0.255 e. The maximum absolute atomic E-state index is 4.45. The summed E-state index contributed by atoms with van der Waals surface area (Å²) in [5.74, 6) is 6.42. The van der Waals surface area contributed by atoms with Crippen LogP contribution in [-0.2, 0) is 0 Å². The maximum atomic E-state index is 4.45. The fourth-order valence-electron chi connectivity index (χ4n) is 1.97. The van der Waals surface area contributed by atoms with Gasteiger partial charge in [-0.05, 0) is 40.5 Å². The second-order valence-corrected chi connectivity index (χ2v) is 8.96. The molecule has 2 nitrogen and oxygen atoms in total. The number of thioether (sulfide) groups is 4. The Kier molecular flexibility index (Phi) is 5.04. The molecule has 0 atom stereocenters. The van der Waals surface area contributed by atoms with E-state index in [9.17, 15) is 0 Å². The lowest BCUT2D eigenvalue weighted by Crippen LogP contribution is -1.86. The molecule has 0 radical (unpaired) electrons. The smallest absolute Gasteiger partial charge is 0.0887 e. The number of rotatable bonds is 1. The van der Waals surface area contributed by atoms with Crippen molar-refractivity contribution in [2.24, 2.45) is 0 Å². The molecule has 0 amide bonds. The molecule has 0 aliphatic carbocycles. The summed E-state index contributed by atoms with van der Waals surface area (Å²) in [5, 5.41) is 6.36. The average molecular weight is 383 g/mol. The zero-order chi connectivity index (χ0) is 16.2. The molecule has 4 rings (SSSR count). The zero-order valence-electron chi connectivity index (χ0n) is 12.3. The standard InChI is InChI=1S/C18H10N2S4/c1-2-8-19-15(3-1)16-7-5-13(11-20-16)4-6-14-12-23-18(24-14)17-21-9-10-22-17/h1-3,5,7-12H.